The van der Waals surface area contributed by atoms with Gasteiger partial charge in [0, 0.05) is 16.8 Å². The van der Waals surface area contributed by atoms with E-state index in [9.17, 15) is 9.18 Å². The molecule has 108 valence electrons. The zero-order chi connectivity index (χ0) is 14.2. The molecule has 5 heteroatoms. The van der Waals surface area contributed by atoms with Crippen LogP contribution in [0.5, 0.6) is 0 Å². The first kappa shape index (κ1) is 13.9. The van der Waals surface area contributed by atoms with Crippen LogP contribution in [0.25, 0.3) is 0 Å². The van der Waals surface area contributed by atoms with Crippen molar-refractivity contribution in [3.05, 3.63) is 29.6 Å². The Hall–Kier alpha value is -1.07. The number of carboxylic acid groups (broad SMARTS) is 1. The van der Waals surface area contributed by atoms with Crippen molar-refractivity contribution in [1.29, 1.82) is 0 Å². The van der Waals surface area contributed by atoms with Crippen molar-refractivity contribution < 1.29 is 19.0 Å². The zero-order valence-corrected chi connectivity index (χ0v) is 11.9. The van der Waals surface area contributed by atoms with Crippen LogP contribution in [0.3, 0.4) is 0 Å². The minimum absolute atomic E-state index is 0.0246. The molecule has 3 nitrogen and oxygen atoms in total. The fourth-order valence-electron chi connectivity index (χ4n) is 2.91. The van der Waals surface area contributed by atoms with E-state index in [-0.39, 0.29) is 17.0 Å². The number of rotatable bonds is 3. The van der Waals surface area contributed by atoms with Crippen molar-refractivity contribution in [2.24, 2.45) is 0 Å². The Morgan fingerprint density at radius 1 is 1.45 bits per heavy atom. The van der Waals surface area contributed by atoms with Crippen molar-refractivity contribution in [3.63, 3.8) is 0 Å². The quantitative estimate of drug-likeness (QED) is 0.923. The van der Waals surface area contributed by atoms with Gasteiger partial charge in [-0.3, -0.25) is 0 Å². The van der Waals surface area contributed by atoms with Gasteiger partial charge in [-0.1, -0.05) is 0 Å². The molecular formula is C15H17FO3S. The number of thioether (sulfide) groups is 1. The number of ether oxygens (including phenoxy) is 1. The highest BCUT2D eigenvalue weighted by atomic mass is 32.2. The third kappa shape index (κ3) is 2.69. The fraction of sp³-hybridized carbons (Fsp3) is 0.533. The number of carboxylic acids is 1. The molecule has 1 atom stereocenters. The summed E-state index contributed by atoms with van der Waals surface area (Å²) in [7, 11) is 0. The van der Waals surface area contributed by atoms with E-state index in [1.165, 1.54) is 36.4 Å². The second kappa shape index (κ2) is 5.37. The molecule has 0 amide bonds. The molecule has 1 unspecified atom stereocenters. The SMILES string of the molecule is O=C(O)c1ccc(F)c(SC2CCOC3(CCC3)C2)c1. The second-order valence-corrected chi connectivity index (χ2v) is 6.91. The number of hydrogen-bond donors (Lipinski definition) is 1. The molecule has 0 bridgehead atoms. The standard InChI is InChI=1S/C15H17FO3S/c16-12-3-2-10(14(17)18)8-13(12)20-11-4-7-19-15(9-11)5-1-6-15/h2-3,8,11H,1,4-7,9H2,(H,17,18). The highest BCUT2D eigenvalue weighted by Gasteiger charge is 2.42. The fourth-order valence-corrected chi connectivity index (χ4v) is 4.25. The number of aromatic carboxylic acids is 1. The summed E-state index contributed by atoms with van der Waals surface area (Å²) < 4.78 is 19.7. The van der Waals surface area contributed by atoms with Crippen LogP contribution in [0.1, 0.15) is 42.5 Å². The monoisotopic (exact) mass is 296 g/mol. The number of halogens is 1. The van der Waals surface area contributed by atoms with Crippen LogP contribution in [0.2, 0.25) is 0 Å². The van der Waals surface area contributed by atoms with E-state index in [4.69, 9.17) is 9.84 Å². The molecule has 1 saturated heterocycles. The van der Waals surface area contributed by atoms with Crippen molar-refractivity contribution >= 4 is 17.7 Å². The van der Waals surface area contributed by atoms with E-state index in [1.54, 1.807) is 0 Å². The van der Waals surface area contributed by atoms with Gasteiger partial charge in [0.2, 0.25) is 0 Å². The molecule has 1 aliphatic carbocycles. The highest BCUT2D eigenvalue weighted by molar-refractivity contribution is 8.00. The average Bonchev–Trinajstić information content (AvgIpc) is 2.39. The first-order chi connectivity index (χ1) is 9.58. The van der Waals surface area contributed by atoms with Gasteiger partial charge in [-0.25, -0.2) is 9.18 Å². The van der Waals surface area contributed by atoms with Gasteiger partial charge in [0.25, 0.3) is 0 Å². The van der Waals surface area contributed by atoms with E-state index in [1.807, 2.05) is 0 Å². The summed E-state index contributed by atoms with van der Waals surface area (Å²) in [6.45, 7) is 0.720. The molecule has 1 spiro atoms. The molecule has 0 aromatic heterocycles. The Morgan fingerprint density at radius 2 is 2.25 bits per heavy atom. The largest absolute Gasteiger partial charge is 0.478 e. The summed E-state index contributed by atoms with van der Waals surface area (Å²) in [5, 5.41) is 9.29. The molecule has 2 fully saturated rings. The van der Waals surface area contributed by atoms with Crippen LogP contribution < -0.4 is 0 Å². The van der Waals surface area contributed by atoms with Crippen molar-refractivity contribution in [1.82, 2.24) is 0 Å². The molecule has 1 aromatic rings. The molecule has 1 aromatic carbocycles. The minimum Gasteiger partial charge on any atom is -0.478 e. The summed E-state index contributed by atoms with van der Waals surface area (Å²) in [6, 6.07) is 3.98. The van der Waals surface area contributed by atoms with Gasteiger partial charge in [-0.05, 0) is 50.3 Å². The molecule has 3 rings (SSSR count). The van der Waals surface area contributed by atoms with Gasteiger partial charge in [-0.2, -0.15) is 0 Å². The van der Waals surface area contributed by atoms with Crippen LogP contribution in [0.4, 0.5) is 4.39 Å². The van der Waals surface area contributed by atoms with E-state index >= 15 is 0 Å². The molecule has 20 heavy (non-hydrogen) atoms. The Bertz CT molecular complexity index is 528. The van der Waals surface area contributed by atoms with Crippen LogP contribution in [0, 0.1) is 5.82 Å². The van der Waals surface area contributed by atoms with Crippen molar-refractivity contribution in [2.75, 3.05) is 6.61 Å². The predicted octanol–water partition coefficient (Wildman–Crippen LogP) is 3.72. The molecule has 1 aliphatic heterocycles. The van der Waals surface area contributed by atoms with E-state index < -0.39 is 5.97 Å². The van der Waals surface area contributed by atoms with E-state index in [2.05, 4.69) is 0 Å². The minimum atomic E-state index is -1.02. The first-order valence-corrected chi connectivity index (χ1v) is 7.79. The van der Waals surface area contributed by atoms with Gasteiger partial charge in [0.05, 0.1) is 11.2 Å². The maximum atomic E-state index is 13.8. The normalized spacial score (nSPS) is 24.4. The Morgan fingerprint density at radius 3 is 2.90 bits per heavy atom. The van der Waals surface area contributed by atoms with Gasteiger partial charge in [0.1, 0.15) is 5.82 Å². The lowest BCUT2D eigenvalue weighted by Crippen LogP contribution is -2.46. The van der Waals surface area contributed by atoms with Crippen molar-refractivity contribution in [3.8, 4) is 0 Å². The number of carbonyl (C=O) groups is 1. The molecule has 1 heterocycles. The number of benzene rings is 1. The molecule has 2 aliphatic rings. The van der Waals surface area contributed by atoms with Gasteiger partial charge in [-0.15, -0.1) is 11.8 Å². The average molecular weight is 296 g/mol. The smallest absolute Gasteiger partial charge is 0.335 e. The first-order valence-electron chi connectivity index (χ1n) is 6.91. The molecule has 0 radical (unpaired) electrons. The summed E-state index contributed by atoms with van der Waals surface area (Å²) in [5.74, 6) is -1.36. The summed E-state index contributed by atoms with van der Waals surface area (Å²) in [4.78, 5) is 11.4. The maximum Gasteiger partial charge on any atom is 0.335 e. The van der Waals surface area contributed by atoms with Gasteiger partial charge in [0.15, 0.2) is 0 Å². The Labute approximate surface area is 121 Å². The van der Waals surface area contributed by atoms with Gasteiger partial charge >= 0.3 is 5.97 Å². The summed E-state index contributed by atoms with van der Waals surface area (Å²) in [6.07, 6.45) is 5.24. The predicted molar refractivity (Wildman–Crippen MR) is 74.8 cm³/mol. The lowest BCUT2D eigenvalue weighted by molar-refractivity contribution is -0.125. The third-order valence-electron chi connectivity index (χ3n) is 4.18. The lowest BCUT2D eigenvalue weighted by atomic mass is 9.75. The number of hydrogen-bond acceptors (Lipinski definition) is 3. The summed E-state index contributed by atoms with van der Waals surface area (Å²) >= 11 is 1.46. The van der Waals surface area contributed by atoms with Gasteiger partial charge < -0.3 is 9.84 Å². The molecular weight excluding hydrogens is 279 g/mol. The lowest BCUT2D eigenvalue weighted by Gasteiger charge is -2.47. The Kier molecular flexibility index (Phi) is 3.73. The van der Waals surface area contributed by atoms with Crippen LogP contribution in [0.15, 0.2) is 23.1 Å². The molecule has 1 N–H and O–H groups in total. The highest BCUT2D eigenvalue weighted by Crippen LogP contribution is 2.46. The van der Waals surface area contributed by atoms with Crippen molar-refractivity contribution in [2.45, 2.75) is 47.9 Å². The molecule has 1 saturated carbocycles. The van der Waals surface area contributed by atoms with Crippen LogP contribution >= 0.6 is 11.8 Å². The topological polar surface area (TPSA) is 46.5 Å². The van der Waals surface area contributed by atoms with E-state index in [0.717, 1.165) is 32.3 Å². The maximum absolute atomic E-state index is 13.8. The van der Waals surface area contributed by atoms with Crippen LogP contribution in [-0.2, 0) is 4.74 Å². The zero-order valence-electron chi connectivity index (χ0n) is 11.1. The van der Waals surface area contributed by atoms with Crippen LogP contribution in [-0.4, -0.2) is 28.5 Å². The Balaban J connectivity index is 1.73. The summed E-state index contributed by atoms with van der Waals surface area (Å²) in [5.41, 5.74) is 0.163. The second-order valence-electron chi connectivity index (χ2n) is 5.57. The van der Waals surface area contributed by atoms with E-state index in [0.29, 0.717) is 10.1 Å². The third-order valence-corrected chi connectivity index (χ3v) is 5.49.